The Hall–Kier alpha value is -3.19. The molecule has 4 rings (SSSR count). The van der Waals surface area contributed by atoms with Crippen molar-refractivity contribution in [1.29, 1.82) is 0 Å². The highest BCUT2D eigenvalue weighted by atomic mass is 32.2. The maximum atomic E-state index is 12.7. The number of benzene rings is 2. The molecule has 3 aromatic rings. The summed E-state index contributed by atoms with van der Waals surface area (Å²) in [5, 5.41) is 7.76. The summed E-state index contributed by atoms with van der Waals surface area (Å²) in [6, 6.07) is 13.6. The van der Waals surface area contributed by atoms with Gasteiger partial charge in [0, 0.05) is 23.1 Å². The van der Waals surface area contributed by atoms with Crippen molar-refractivity contribution in [1.82, 2.24) is 9.78 Å². The Morgan fingerprint density at radius 1 is 1.10 bits per heavy atom. The van der Waals surface area contributed by atoms with E-state index in [2.05, 4.69) is 5.32 Å². The normalized spacial score (nSPS) is 12.8. The molecule has 2 aromatic carbocycles. The maximum Gasteiger partial charge on any atom is 0.249 e. The van der Waals surface area contributed by atoms with Crippen LogP contribution in [0.5, 0.6) is 11.5 Å². The van der Waals surface area contributed by atoms with Gasteiger partial charge in [-0.15, -0.1) is 0 Å². The van der Waals surface area contributed by atoms with Gasteiger partial charge in [0.25, 0.3) is 0 Å². The van der Waals surface area contributed by atoms with E-state index in [1.54, 1.807) is 32.1 Å². The molecule has 0 saturated heterocycles. The van der Waals surface area contributed by atoms with Gasteiger partial charge in [-0.25, -0.2) is 4.68 Å². The molecule has 6 nitrogen and oxygen atoms in total. The lowest BCUT2D eigenvalue weighted by Gasteiger charge is -2.10. The number of aromatic nitrogens is 2. The number of hydrogen-bond donors (Lipinski definition) is 1. The third kappa shape index (κ3) is 4.07. The molecule has 7 heteroatoms. The van der Waals surface area contributed by atoms with E-state index in [4.69, 9.17) is 14.6 Å². The Morgan fingerprint density at radius 2 is 1.87 bits per heavy atom. The summed E-state index contributed by atoms with van der Waals surface area (Å²) in [6.07, 6.45) is 3.26. The molecule has 154 valence electrons. The first-order valence-corrected chi connectivity index (χ1v) is 10.7. The van der Waals surface area contributed by atoms with E-state index < -0.39 is 0 Å². The zero-order valence-electron chi connectivity index (χ0n) is 17.1. The number of carbonyl (C=O) groups excluding carboxylic acids is 1. The van der Waals surface area contributed by atoms with E-state index in [1.165, 1.54) is 11.6 Å². The Balaban J connectivity index is 1.58. The molecule has 0 aliphatic carbocycles. The third-order valence-electron chi connectivity index (χ3n) is 4.91. The van der Waals surface area contributed by atoms with Gasteiger partial charge in [-0.3, -0.25) is 4.79 Å². The van der Waals surface area contributed by atoms with Crippen LogP contribution < -0.4 is 14.8 Å². The largest absolute Gasteiger partial charge is 0.493 e. The zero-order chi connectivity index (χ0) is 21.1. The van der Waals surface area contributed by atoms with Crippen LogP contribution in [0.4, 0.5) is 5.82 Å². The number of nitrogens with one attached hydrogen (secondary N) is 1. The molecule has 1 aliphatic rings. The number of rotatable bonds is 6. The van der Waals surface area contributed by atoms with Crippen molar-refractivity contribution in [3.63, 3.8) is 0 Å². The lowest BCUT2D eigenvalue weighted by Crippen LogP contribution is -2.13. The van der Waals surface area contributed by atoms with Crippen molar-refractivity contribution in [2.75, 3.05) is 19.5 Å². The van der Waals surface area contributed by atoms with Gasteiger partial charge >= 0.3 is 0 Å². The molecular formula is C23H23N3O3S. The van der Waals surface area contributed by atoms with Gasteiger partial charge in [-0.1, -0.05) is 23.8 Å². The number of fused-ring (bicyclic) bond motifs is 1. The first-order valence-electron chi connectivity index (χ1n) is 9.55. The summed E-state index contributed by atoms with van der Waals surface area (Å²) in [6.45, 7) is 2.05. The molecule has 0 spiro atoms. The molecule has 0 unspecified atom stereocenters. The van der Waals surface area contributed by atoms with E-state index in [0.29, 0.717) is 11.5 Å². The van der Waals surface area contributed by atoms with Crippen LogP contribution in [0.1, 0.15) is 22.4 Å². The fourth-order valence-electron chi connectivity index (χ4n) is 3.30. The van der Waals surface area contributed by atoms with Crippen molar-refractivity contribution in [3.8, 4) is 17.2 Å². The Bertz CT molecular complexity index is 1100. The van der Waals surface area contributed by atoms with Gasteiger partial charge < -0.3 is 14.8 Å². The minimum Gasteiger partial charge on any atom is -0.493 e. The summed E-state index contributed by atoms with van der Waals surface area (Å²) in [4.78, 5) is 12.7. The number of anilines is 1. The highest BCUT2D eigenvalue weighted by Crippen LogP contribution is 2.36. The maximum absolute atomic E-state index is 12.7. The highest BCUT2D eigenvalue weighted by Gasteiger charge is 2.24. The van der Waals surface area contributed by atoms with Crippen molar-refractivity contribution < 1.29 is 14.3 Å². The zero-order valence-corrected chi connectivity index (χ0v) is 18.0. The summed E-state index contributed by atoms with van der Waals surface area (Å²) in [5.41, 5.74) is 5.07. The van der Waals surface area contributed by atoms with E-state index in [9.17, 15) is 4.79 Å². The molecule has 0 bridgehead atoms. The van der Waals surface area contributed by atoms with Crippen molar-refractivity contribution in [3.05, 3.63) is 70.9 Å². The molecule has 1 amide bonds. The molecule has 1 aliphatic heterocycles. The van der Waals surface area contributed by atoms with Crippen LogP contribution in [0.3, 0.4) is 0 Å². The first kappa shape index (κ1) is 20.1. The predicted octanol–water partition coefficient (Wildman–Crippen LogP) is 4.60. The first-order chi connectivity index (χ1) is 14.6. The predicted molar refractivity (Wildman–Crippen MR) is 121 cm³/mol. The second-order valence-electron chi connectivity index (χ2n) is 6.95. The number of ether oxygens (including phenoxy) is 2. The molecule has 2 heterocycles. The van der Waals surface area contributed by atoms with Crippen molar-refractivity contribution >= 4 is 29.6 Å². The SMILES string of the molecule is COc1ccc(C=CC(=O)Nc2c3c(nn2-c2ccc(C)cc2)CSC3)cc1OC. The van der Waals surface area contributed by atoms with Gasteiger partial charge in [0.15, 0.2) is 11.5 Å². The average Bonchev–Trinajstić information content (AvgIpc) is 3.35. The molecule has 0 atom stereocenters. The number of methoxy groups -OCH3 is 2. The van der Waals surface area contributed by atoms with Crippen molar-refractivity contribution in [2.45, 2.75) is 18.4 Å². The Kier molecular flexibility index (Phi) is 5.81. The fraction of sp³-hybridized carbons (Fsp3) is 0.217. The summed E-state index contributed by atoms with van der Waals surface area (Å²) in [5.74, 6) is 3.49. The molecule has 1 N–H and O–H groups in total. The number of amides is 1. The van der Waals surface area contributed by atoms with Crippen LogP contribution in [-0.2, 0) is 16.3 Å². The van der Waals surface area contributed by atoms with Crippen LogP contribution >= 0.6 is 11.8 Å². The second kappa shape index (κ2) is 8.67. The Morgan fingerprint density at radius 3 is 2.60 bits per heavy atom. The summed E-state index contributed by atoms with van der Waals surface area (Å²) < 4.78 is 12.4. The van der Waals surface area contributed by atoms with E-state index in [-0.39, 0.29) is 5.91 Å². The summed E-state index contributed by atoms with van der Waals surface area (Å²) in [7, 11) is 3.18. The highest BCUT2D eigenvalue weighted by molar-refractivity contribution is 7.98. The third-order valence-corrected chi connectivity index (χ3v) is 5.88. The number of hydrogen-bond acceptors (Lipinski definition) is 5. The molecule has 0 fully saturated rings. The fourth-order valence-corrected chi connectivity index (χ4v) is 4.34. The average molecular weight is 422 g/mol. The van der Waals surface area contributed by atoms with Gasteiger partial charge in [0.2, 0.25) is 5.91 Å². The number of thioether (sulfide) groups is 1. The van der Waals surface area contributed by atoms with Crippen LogP contribution in [0.2, 0.25) is 0 Å². The number of aryl methyl sites for hydroxylation is 1. The van der Waals surface area contributed by atoms with Crippen LogP contribution in [0.15, 0.2) is 48.5 Å². The quantitative estimate of drug-likeness (QED) is 0.590. The van der Waals surface area contributed by atoms with E-state index in [0.717, 1.165) is 39.8 Å². The van der Waals surface area contributed by atoms with Crippen LogP contribution in [-0.4, -0.2) is 29.9 Å². The lowest BCUT2D eigenvalue weighted by atomic mass is 10.2. The van der Waals surface area contributed by atoms with Gasteiger partial charge in [0.05, 0.1) is 25.6 Å². The second-order valence-corrected chi connectivity index (χ2v) is 7.94. The lowest BCUT2D eigenvalue weighted by molar-refractivity contribution is -0.111. The van der Waals surface area contributed by atoms with Crippen LogP contribution in [0, 0.1) is 6.92 Å². The minimum absolute atomic E-state index is 0.210. The molecule has 0 radical (unpaired) electrons. The molecule has 30 heavy (non-hydrogen) atoms. The van der Waals surface area contributed by atoms with E-state index in [1.807, 2.05) is 54.1 Å². The molecule has 0 saturated carbocycles. The smallest absolute Gasteiger partial charge is 0.249 e. The standard InChI is InChI=1S/C23H23N3O3S/c1-15-4-8-17(9-5-15)26-23(18-13-30-14-19(18)25-26)24-22(27)11-7-16-6-10-20(28-2)21(12-16)29-3/h4-12H,13-14H2,1-3H3,(H,24,27). The van der Waals surface area contributed by atoms with Gasteiger partial charge in [-0.2, -0.15) is 16.9 Å². The van der Waals surface area contributed by atoms with E-state index >= 15 is 0 Å². The monoisotopic (exact) mass is 421 g/mol. The Labute approximate surface area is 179 Å². The minimum atomic E-state index is -0.210. The van der Waals surface area contributed by atoms with Gasteiger partial charge in [0.1, 0.15) is 5.82 Å². The molecular weight excluding hydrogens is 398 g/mol. The topological polar surface area (TPSA) is 65.4 Å². The summed E-state index contributed by atoms with van der Waals surface area (Å²) >= 11 is 1.80. The molecule has 1 aromatic heterocycles. The van der Waals surface area contributed by atoms with Crippen molar-refractivity contribution in [2.24, 2.45) is 0 Å². The van der Waals surface area contributed by atoms with Crippen LogP contribution in [0.25, 0.3) is 11.8 Å². The number of carbonyl (C=O) groups is 1. The number of nitrogens with zero attached hydrogens (tertiary/aromatic N) is 2. The van der Waals surface area contributed by atoms with Gasteiger partial charge in [-0.05, 0) is 42.8 Å².